The van der Waals surface area contributed by atoms with Gasteiger partial charge in [-0.25, -0.2) is 0 Å². The predicted molar refractivity (Wildman–Crippen MR) is 210 cm³/mol. The average molecular weight is 701 g/mol. The molecule has 0 saturated carbocycles. The molecule has 6 nitrogen and oxygen atoms in total. The van der Waals surface area contributed by atoms with Crippen LogP contribution in [0.25, 0.3) is 0 Å². The van der Waals surface area contributed by atoms with E-state index in [2.05, 4.69) is 69.4 Å². The molecule has 0 fully saturated rings. The van der Waals surface area contributed by atoms with Gasteiger partial charge in [0.15, 0.2) is 6.10 Å². The normalized spacial score (nSPS) is 12.5. The fraction of sp³-hybridized carbons (Fsp3) is 0.750. The van der Waals surface area contributed by atoms with Crippen LogP contribution < -0.4 is 0 Å². The lowest BCUT2D eigenvalue weighted by molar-refractivity contribution is -0.167. The minimum Gasteiger partial charge on any atom is -0.462 e. The quantitative estimate of drug-likeness (QED) is 0.0280. The van der Waals surface area contributed by atoms with Crippen molar-refractivity contribution in [2.24, 2.45) is 0 Å². The van der Waals surface area contributed by atoms with Crippen molar-refractivity contribution in [2.75, 3.05) is 13.2 Å². The smallest absolute Gasteiger partial charge is 0.306 e. The fourth-order valence-corrected chi connectivity index (χ4v) is 5.49. The first-order valence-corrected chi connectivity index (χ1v) is 20.6. The van der Waals surface area contributed by atoms with Gasteiger partial charge in [-0.05, 0) is 57.8 Å². The van der Waals surface area contributed by atoms with Crippen LogP contribution in [0.3, 0.4) is 0 Å². The Bertz CT molecular complexity index is 902. The largest absolute Gasteiger partial charge is 0.462 e. The van der Waals surface area contributed by atoms with E-state index in [0.29, 0.717) is 19.3 Å². The Morgan fingerprint density at radius 3 is 1.22 bits per heavy atom. The van der Waals surface area contributed by atoms with Gasteiger partial charge in [0, 0.05) is 19.3 Å². The van der Waals surface area contributed by atoms with E-state index in [0.717, 1.165) is 83.5 Å². The highest BCUT2D eigenvalue weighted by atomic mass is 16.6. The highest BCUT2D eigenvalue weighted by molar-refractivity contribution is 5.71. The van der Waals surface area contributed by atoms with Crippen molar-refractivity contribution in [3.05, 3.63) is 48.6 Å². The molecule has 0 amide bonds. The second-order valence-electron chi connectivity index (χ2n) is 13.5. The van der Waals surface area contributed by atoms with Crippen molar-refractivity contribution in [1.29, 1.82) is 0 Å². The first kappa shape index (κ1) is 47.4. The molecule has 0 aliphatic heterocycles. The van der Waals surface area contributed by atoms with E-state index in [1.54, 1.807) is 0 Å². The second-order valence-corrected chi connectivity index (χ2v) is 13.5. The van der Waals surface area contributed by atoms with Crippen molar-refractivity contribution in [3.8, 4) is 0 Å². The SMILES string of the molecule is CC/C=C\C/C=C\C/C=C\C/C=C\CCCCC(=O)OCC(COC(=O)CCCCCCCCCC)OC(=O)CCCCCCCCCCC. The molecule has 0 aromatic rings. The van der Waals surface area contributed by atoms with E-state index in [1.807, 2.05) is 0 Å². The molecular formula is C44H76O6. The number of hydrogen-bond donors (Lipinski definition) is 0. The molecular weight excluding hydrogens is 624 g/mol. The van der Waals surface area contributed by atoms with Crippen LogP contribution in [-0.4, -0.2) is 37.2 Å². The van der Waals surface area contributed by atoms with Gasteiger partial charge in [0.25, 0.3) is 0 Å². The van der Waals surface area contributed by atoms with Crippen LogP contribution in [0.2, 0.25) is 0 Å². The van der Waals surface area contributed by atoms with E-state index in [4.69, 9.17) is 14.2 Å². The van der Waals surface area contributed by atoms with E-state index in [9.17, 15) is 14.4 Å². The van der Waals surface area contributed by atoms with E-state index >= 15 is 0 Å². The molecule has 0 aromatic carbocycles. The van der Waals surface area contributed by atoms with Crippen molar-refractivity contribution >= 4 is 17.9 Å². The molecule has 6 heteroatoms. The van der Waals surface area contributed by atoms with Gasteiger partial charge >= 0.3 is 17.9 Å². The Kier molecular flexibility index (Phi) is 37.1. The molecule has 0 aliphatic rings. The summed E-state index contributed by atoms with van der Waals surface area (Å²) >= 11 is 0. The highest BCUT2D eigenvalue weighted by Crippen LogP contribution is 2.13. The van der Waals surface area contributed by atoms with Gasteiger partial charge in [-0.15, -0.1) is 0 Å². The molecule has 1 unspecified atom stereocenters. The van der Waals surface area contributed by atoms with Crippen molar-refractivity contribution in [3.63, 3.8) is 0 Å². The Balaban J connectivity index is 4.40. The molecule has 0 heterocycles. The molecule has 0 N–H and O–H groups in total. The van der Waals surface area contributed by atoms with E-state index in [1.165, 1.54) is 70.6 Å². The maximum Gasteiger partial charge on any atom is 0.306 e. The van der Waals surface area contributed by atoms with Crippen molar-refractivity contribution < 1.29 is 28.6 Å². The molecule has 0 aromatic heterocycles. The molecule has 0 bridgehead atoms. The monoisotopic (exact) mass is 701 g/mol. The van der Waals surface area contributed by atoms with Gasteiger partial charge in [-0.3, -0.25) is 14.4 Å². The zero-order valence-corrected chi connectivity index (χ0v) is 32.7. The van der Waals surface area contributed by atoms with Crippen LogP contribution >= 0.6 is 0 Å². The summed E-state index contributed by atoms with van der Waals surface area (Å²) in [5.74, 6) is -0.940. The fourth-order valence-electron chi connectivity index (χ4n) is 5.49. The summed E-state index contributed by atoms with van der Waals surface area (Å²) in [7, 11) is 0. The number of carbonyl (C=O) groups excluding carboxylic acids is 3. The number of rotatable bonds is 36. The van der Waals surface area contributed by atoms with Gasteiger partial charge in [0.1, 0.15) is 13.2 Å². The van der Waals surface area contributed by atoms with Crippen LogP contribution in [0.15, 0.2) is 48.6 Å². The molecule has 0 radical (unpaired) electrons. The number of unbranched alkanes of at least 4 members (excludes halogenated alkanes) is 17. The Hall–Kier alpha value is -2.63. The third kappa shape index (κ3) is 36.6. The van der Waals surface area contributed by atoms with Gasteiger partial charge in [-0.2, -0.15) is 0 Å². The molecule has 0 saturated heterocycles. The predicted octanol–water partition coefficient (Wildman–Crippen LogP) is 12.8. The van der Waals surface area contributed by atoms with Crippen LogP contribution in [0.1, 0.15) is 194 Å². The Labute approximate surface area is 307 Å². The maximum atomic E-state index is 12.6. The van der Waals surface area contributed by atoms with Crippen LogP contribution in [-0.2, 0) is 28.6 Å². The standard InChI is InChI=1S/C44H76O6/c1-4-7-10-13-16-19-20-21-22-23-24-26-28-31-34-37-43(46)49-40-41(39-48-42(45)36-33-30-27-18-15-12-9-6-3)50-44(47)38-35-32-29-25-17-14-11-8-5-2/h7,10,16,19,21-22,24,26,41H,4-6,8-9,11-15,17-18,20,23,25,27-40H2,1-3H3/b10-7-,19-16-,22-21-,26-24-. The Morgan fingerprint density at radius 2 is 0.780 bits per heavy atom. The summed E-state index contributed by atoms with van der Waals surface area (Å²) in [6.45, 7) is 6.41. The number of hydrogen-bond acceptors (Lipinski definition) is 6. The lowest BCUT2D eigenvalue weighted by atomic mass is 10.1. The van der Waals surface area contributed by atoms with Gasteiger partial charge < -0.3 is 14.2 Å². The topological polar surface area (TPSA) is 78.9 Å². The number of esters is 3. The number of ether oxygens (including phenoxy) is 3. The van der Waals surface area contributed by atoms with Crippen molar-refractivity contribution in [1.82, 2.24) is 0 Å². The van der Waals surface area contributed by atoms with E-state index < -0.39 is 6.10 Å². The zero-order valence-electron chi connectivity index (χ0n) is 32.7. The summed E-state index contributed by atoms with van der Waals surface area (Å²) in [4.78, 5) is 37.4. The van der Waals surface area contributed by atoms with Gasteiger partial charge in [0.2, 0.25) is 0 Å². The maximum absolute atomic E-state index is 12.6. The summed E-state index contributed by atoms with van der Waals surface area (Å²) < 4.78 is 16.6. The highest BCUT2D eigenvalue weighted by Gasteiger charge is 2.19. The first-order chi connectivity index (χ1) is 24.5. The molecule has 0 spiro atoms. The second kappa shape index (κ2) is 39.2. The summed E-state index contributed by atoms with van der Waals surface area (Å²) in [6.07, 6.45) is 43.9. The van der Waals surface area contributed by atoms with Gasteiger partial charge in [-0.1, -0.05) is 166 Å². The molecule has 0 aliphatic carbocycles. The van der Waals surface area contributed by atoms with Crippen LogP contribution in [0.4, 0.5) is 0 Å². The number of carbonyl (C=O) groups is 3. The lowest BCUT2D eigenvalue weighted by Gasteiger charge is -2.18. The Morgan fingerprint density at radius 1 is 0.420 bits per heavy atom. The molecule has 1 atom stereocenters. The lowest BCUT2D eigenvalue weighted by Crippen LogP contribution is -2.30. The molecule has 50 heavy (non-hydrogen) atoms. The zero-order chi connectivity index (χ0) is 36.6. The van der Waals surface area contributed by atoms with Gasteiger partial charge in [0.05, 0.1) is 0 Å². The minimum atomic E-state index is -0.781. The first-order valence-electron chi connectivity index (χ1n) is 20.6. The average Bonchev–Trinajstić information content (AvgIpc) is 3.11. The third-order valence-electron chi connectivity index (χ3n) is 8.60. The van der Waals surface area contributed by atoms with E-state index in [-0.39, 0.29) is 31.1 Å². The van der Waals surface area contributed by atoms with Crippen LogP contribution in [0, 0.1) is 0 Å². The van der Waals surface area contributed by atoms with Crippen molar-refractivity contribution in [2.45, 2.75) is 200 Å². The minimum absolute atomic E-state index is 0.0849. The third-order valence-corrected chi connectivity index (χ3v) is 8.60. The summed E-state index contributed by atoms with van der Waals surface area (Å²) in [6, 6.07) is 0. The summed E-state index contributed by atoms with van der Waals surface area (Å²) in [5.41, 5.74) is 0. The molecule has 0 rings (SSSR count). The summed E-state index contributed by atoms with van der Waals surface area (Å²) in [5, 5.41) is 0. The number of allylic oxidation sites excluding steroid dienone is 8. The van der Waals surface area contributed by atoms with Crippen LogP contribution in [0.5, 0.6) is 0 Å². The molecule has 288 valence electrons.